The fraction of sp³-hybridized carbons (Fsp3) is 0.263. The number of aryl methyl sites for hydroxylation is 1. The number of hydrogen-bond donors (Lipinski definition) is 2. The topological polar surface area (TPSA) is 75.6 Å². The maximum atomic E-state index is 12.0. The predicted octanol–water partition coefficient (Wildman–Crippen LogP) is 2.96. The summed E-state index contributed by atoms with van der Waals surface area (Å²) in [5.41, 5.74) is 1.75. The van der Waals surface area contributed by atoms with E-state index in [-0.39, 0.29) is 18.9 Å². The molecule has 2 rings (SSSR count). The zero-order chi connectivity index (χ0) is 17.4. The largest absolute Gasteiger partial charge is 0.493 e. The molecule has 0 aliphatic rings. The van der Waals surface area contributed by atoms with Gasteiger partial charge >= 0.3 is 5.97 Å². The molecule has 0 aromatic heterocycles. The Labute approximate surface area is 141 Å². The summed E-state index contributed by atoms with van der Waals surface area (Å²) >= 11 is 0. The van der Waals surface area contributed by atoms with Crippen LogP contribution in [0.25, 0.3) is 0 Å². The highest BCUT2D eigenvalue weighted by atomic mass is 16.5. The van der Waals surface area contributed by atoms with Crippen molar-refractivity contribution in [3.8, 4) is 5.75 Å². The van der Waals surface area contributed by atoms with E-state index in [1.807, 2.05) is 24.3 Å². The smallest absolute Gasteiger partial charge is 0.330 e. The summed E-state index contributed by atoms with van der Waals surface area (Å²) in [6.07, 6.45) is 1.05. The normalized spacial score (nSPS) is 11.5. The van der Waals surface area contributed by atoms with E-state index < -0.39 is 12.0 Å². The number of aliphatic carboxylic acids is 1. The second-order valence-electron chi connectivity index (χ2n) is 5.35. The van der Waals surface area contributed by atoms with E-state index in [2.05, 4.69) is 12.2 Å². The van der Waals surface area contributed by atoms with E-state index >= 15 is 0 Å². The van der Waals surface area contributed by atoms with Crippen LogP contribution in [0.3, 0.4) is 0 Å². The third-order valence-corrected chi connectivity index (χ3v) is 3.61. The molecule has 5 heteroatoms. The number of ether oxygens (including phenoxy) is 1. The minimum atomic E-state index is -1.09. The molecule has 0 heterocycles. The molecule has 1 amide bonds. The number of benzene rings is 2. The van der Waals surface area contributed by atoms with Crippen molar-refractivity contribution in [1.29, 1.82) is 0 Å². The molecule has 0 aliphatic heterocycles. The Morgan fingerprint density at radius 3 is 2.33 bits per heavy atom. The molecular weight excluding hydrogens is 306 g/mol. The SMILES string of the molecule is CCc1ccc(OCCC(=O)NC(C(=O)O)c2ccccc2)cc1. The van der Waals surface area contributed by atoms with Gasteiger partial charge in [0, 0.05) is 0 Å². The van der Waals surface area contributed by atoms with Gasteiger partial charge in [-0.2, -0.15) is 0 Å². The van der Waals surface area contributed by atoms with Crippen LogP contribution in [0.5, 0.6) is 5.75 Å². The Balaban J connectivity index is 1.84. The predicted molar refractivity (Wildman–Crippen MR) is 90.9 cm³/mol. The Bertz CT molecular complexity index is 668. The zero-order valence-electron chi connectivity index (χ0n) is 13.6. The lowest BCUT2D eigenvalue weighted by Crippen LogP contribution is -2.34. The number of amides is 1. The fourth-order valence-electron chi connectivity index (χ4n) is 2.25. The lowest BCUT2D eigenvalue weighted by molar-refractivity contribution is -0.142. The minimum Gasteiger partial charge on any atom is -0.493 e. The van der Waals surface area contributed by atoms with E-state index in [9.17, 15) is 14.7 Å². The van der Waals surface area contributed by atoms with Crippen molar-refractivity contribution in [2.24, 2.45) is 0 Å². The molecule has 0 aliphatic carbocycles. The summed E-state index contributed by atoms with van der Waals surface area (Å²) in [4.78, 5) is 23.3. The van der Waals surface area contributed by atoms with E-state index in [1.165, 1.54) is 5.56 Å². The highest BCUT2D eigenvalue weighted by Gasteiger charge is 2.21. The number of carbonyl (C=O) groups excluding carboxylic acids is 1. The lowest BCUT2D eigenvalue weighted by atomic mass is 10.1. The van der Waals surface area contributed by atoms with Gasteiger partial charge in [0.2, 0.25) is 5.91 Å². The molecule has 2 aromatic carbocycles. The highest BCUT2D eigenvalue weighted by molar-refractivity contribution is 5.84. The summed E-state index contributed by atoms with van der Waals surface area (Å²) < 4.78 is 5.52. The molecule has 1 atom stereocenters. The number of hydrogen-bond acceptors (Lipinski definition) is 3. The van der Waals surface area contributed by atoms with Crippen molar-refractivity contribution in [2.45, 2.75) is 25.8 Å². The highest BCUT2D eigenvalue weighted by Crippen LogP contribution is 2.14. The molecular formula is C19H21NO4. The van der Waals surface area contributed by atoms with Gasteiger partial charge in [-0.1, -0.05) is 49.4 Å². The standard InChI is InChI=1S/C19H21NO4/c1-2-14-8-10-16(11-9-14)24-13-12-17(21)20-18(19(22)23)15-6-4-3-5-7-15/h3-11,18H,2,12-13H2,1H3,(H,20,21)(H,22,23). The third kappa shape index (κ3) is 5.12. The summed E-state index contributed by atoms with van der Waals surface area (Å²) in [7, 11) is 0. The van der Waals surface area contributed by atoms with E-state index in [0.717, 1.165) is 6.42 Å². The first-order chi connectivity index (χ1) is 11.6. The van der Waals surface area contributed by atoms with Crippen LogP contribution in [0.1, 0.15) is 30.5 Å². The lowest BCUT2D eigenvalue weighted by Gasteiger charge is -2.15. The molecule has 0 bridgehead atoms. The van der Waals surface area contributed by atoms with Crippen molar-refractivity contribution in [2.75, 3.05) is 6.61 Å². The van der Waals surface area contributed by atoms with Crippen LogP contribution in [0, 0.1) is 0 Å². The Hall–Kier alpha value is -2.82. The minimum absolute atomic E-state index is 0.0894. The van der Waals surface area contributed by atoms with Crippen LogP contribution >= 0.6 is 0 Å². The number of carboxylic acid groups (broad SMARTS) is 1. The van der Waals surface area contributed by atoms with Gasteiger partial charge in [-0.15, -0.1) is 0 Å². The van der Waals surface area contributed by atoms with Crippen LogP contribution in [-0.4, -0.2) is 23.6 Å². The third-order valence-electron chi connectivity index (χ3n) is 3.61. The van der Waals surface area contributed by atoms with E-state index in [4.69, 9.17) is 4.74 Å². The van der Waals surface area contributed by atoms with Gasteiger partial charge in [-0.3, -0.25) is 4.79 Å². The average Bonchev–Trinajstić information content (AvgIpc) is 2.61. The molecule has 126 valence electrons. The first-order valence-electron chi connectivity index (χ1n) is 7.89. The summed E-state index contributed by atoms with van der Waals surface area (Å²) in [5, 5.41) is 11.8. The van der Waals surface area contributed by atoms with Crippen molar-refractivity contribution < 1.29 is 19.4 Å². The Morgan fingerprint density at radius 2 is 1.75 bits per heavy atom. The first-order valence-corrected chi connectivity index (χ1v) is 7.89. The molecule has 0 saturated carbocycles. The molecule has 2 aromatic rings. The monoisotopic (exact) mass is 327 g/mol. The second-order valence-corrected chi connectivity index (χ2v) is 5.35. The quantitative estimate of drug-likeness (QED) is 0.781. The molecule has 2 N–H and O–H groups in total. The van der Waals surface area contributed by atoms with E-state index in [1.54, 1.807) is 30.3 Å². The second kappa shape index (κ2) is 8.72. The van der Waals surface area contributed by atoms with Crippen LogP contribution in [0.2, 0.25) is 0 Å². The molecule has 0 spiro atoms. The zero-order valence-corrected chi connectivity index (χ0v) is 13.6. The van der Waals surface area contributed by atoms with Gasteiger partial charge in [0.1, 0.15) is 5.75 Å². The Kier molecular flexibility index (Phi) is 6.37. The van der Waals surface area contributed by atoms with Gasteiger partial charge in [-0.05, 0) is 29.7 Å². The van der Waals surface area contributed by atoms with Crippen molar-refractivity contribution >= 4 is 11.9 Å². The molecule has 1 unspecified atom stereocenters. The van der Waals surface area contributed by atoms with Gasteiger partial charge < -0.3 is 15.2 Å². The fourth-order valence-corrected chi connectivity index (χ4v) is 2.25. The number of nitrogens with one attached hydrogen (secondary N) is 1. The Morgan fingerprint density at radius 1 is 1.08 bits per heavy atom. The molecule has 0 radical (unpaired) electrons. The molecule has 0 saturated heterocycles. The van der Waals surface area contributed by atoms with E-state index in [0.29, 0.717) is 11.3 Å². The molecule has 5 nitrogen and oxygen atoms in total. The summed E-state index contributed by atoms with van der Waals surface area (Å²) in [6, 6.07) is 15.2. The van der Waals surface area contributed by atoms with Gasteiger partial charge in [0.25, 0.3) is 0 Å². The first kappa shape index (κ1) is 17.5. The summed E-state index contributed by atoms with van der Waals surface area (Å²) in [6.45, 7) is 2.27. The number of carboxylic acids is 1. The van der Waals surface area contributed by atoms with Crippen LogP contribution in [0.15, 0.2) is 54.6 Å². The van der Waals surface area contributed by atoms with Crippen molar-refractivity contribution in [3.05, 3.63) is 65.7 Å². The van der Waals surface area contributed by atoms with Crippen LogP contribution in [-0.2, 0) is 16.0 Å². The average molecular weight is 327 g/mol. The van der Waals surface area contributed by atoms with Gasteiger partial charge in [-0.25, -0.2) is 4.79 Å². The maximum absolute atomic E-state index is 12.0. The van der Waals surface area contributed by atoms with Crippen LogP contribution in [0.4, 0.5) is 0 Å². The van der Waals surface area contributed by atoms with Crippen LogP contribution < -0.4 is 10.1 Å². The molecule has 0 fully saturated rings. The van der Waals surface area contributed by atoms with Gasteiger partial charge in [0.05, 0.1) is 13.0 Å². The number of carbonyl (C=O) groups is 2. The maximum Gasteiger partial charge on any atom is 0.330 e. The van der Waals surface area contributed by atoms with Crippen molar-refractivity contribution in [1.82, 2.24) is 5.32 Å². The summed E-state index contributed by atoms with van der Waals surface area (Å²) in [5.74, 6) is -0.764. The molecule has 24 heavy (non-hydrogen) atoms. The van der Waals surface area contributed by atoms with Gasteiger partial charge in [0.15, 0.2) is 6.04 Å². The van der Waals surface area contributed by atoms with Crippen molar-refractivity contribution in [3.63, 3.8) is 0 Å². The number of rotatable bonds is 8.